The van der Waals surface area contributed by atoms with Gasteiger partial charge in [-0.3, -0.25) is 4.79 Å². The van der Waals surface area contributed by atoms with Crippen molar-refractivity contribution in [1.82, 2.24) is 5.32 Å². The average Bonchev–Trinajstić information content (AvgIpc) is 3.25. The zero-order chi connectivity index (χ0) is 19.8. The highest BCUT2D eigenvalue weighted by molar-refractivity contribution is 5.90. The number of rotatable bonds is 7. The molecule has 0 aliphatic rings. The Balaban J connectivity index is 1.67. The predicted octanol–water partition coefficient (Wildman–Crippen LogP) is 4.13. The number of esters is 1. The molecule has 1 N–H and O–H groups in total. The maximum Gasteiger partial charge on any atom is 0.331 e. The molecule has 1 amide bonds. The van der Waals surface area contributed by atoms with Crippen LogP contribution in [0.3, 0.4) is 0 Å². The second-order valence-corrected chi connectivity index (χ2v) is 6.19. The lowest BCUT2D eigenvalue weighted by Gasteiger charge is -2.22. The molecule has 0 aliphatic carbocycles. The van der Waals surface area contributed by atoms with Crippen molar-refractivity contribution in [1.29, 1.82) is 0 Å². The van der Waals surface area contributed by atoms with E-state index < -0.39 is 12.1 Å². The zero-order valence-corrected chi connectivity index (χ0v) is 15.4. The monoisotopic (exact) mass is 375 g/mol. The first-order valence-corrected chi connectivity index (χ1v) is 8.96. The molecular weight excluding hydrogens is 354 g/mol. The van der Waals surface area contributed by atoms with Crippen molar-refractivity contribution in [2.24, 2.45) is 0 Å². The quantitative estimate of drug-likeness (QED) is 0.498. The first-order valence-electron chi connectivity index (χ1n) is 8.96. The van der Waals surface area contributed by atoms with Gasteiger partial charge in [0.05, 0.1) is 12.3 Å². The summed E-state index contributed by atoms with van der Waals surface area (Å²) >= 11 is 0. The van der Waals surface area contributed by atoms with Crippen LogP contribution in [0, 0.1) is 0 Å². The van der Waals surface area contributed by atoms with Gasteiger partial charge < -0.3 is 14.5 Å². The number of carbonyl (C=O) groups excluding carboxylic acids is 2. The van der Waals surface area contributed by atoms with Crippen LogP contribution in [0.5, 0.6) is 0 Å². The minimum atomic E-state index is -0.941. The SMILES string of the molecule is C[C@@H](OC(=O)/C=C/c1ccco1)C(=O)NC(c1ccccc1)c1ccccc1. The van der Waals surface area contributed by atoms with Crippen molar-refractivity contribution in [2.45, 2.75) is 19.1 Å². The number of hydrogen-bond donors (Lipinski definition) is 1. The Bertz CT molecular complexity index is 878. The number of nitrogens with one attached hydrogen (secondary N) is 1. The summed E-state index contributed by atoms with van der Waals surface area (Å²) in [6, 6.07) is 22.4. The number of ether oxygens (including phenoxy) is 1. The molecule has 1 aromatic heterocycles. The van der Waals surface area contributed by atoms with E-state index in [4.69, 9.17) is 9.15 Å². The van der Waals surface area contributed by atoms with Crippen LogP contribution >= 0.6 is 0 Å². The lowest BCUT2D eigenvalue weighted by atomic mass is 9.98. The number of amides is 1. The summed E-state index contributed by atoms with van der Waals surface area (Å²) in [6.45, 7) is 1.54. The summed E-state index contributed by atoms with van der Waals surface area (Å²) in [5, 5.41) is 2.97. The number of hydrogen-bond acceptors (Lipinski definition) is 4. The van der Waals surface area contributed by atoms with Gasteiger partial charge in [-0.25, -0.2) is 4.79 Å². The minimum absolute atomic E-state index is 0.338. The lowest BCUT2D eigenvalue weighted by molar-refractivity contribution is -0.150. The van der Waals surface area contributed by atoms with Gasteiger partial charge in [0, 0.05) is 6.08 Å². The topological polar surface area (TPSA) is 68.5 Å². The second-order valence-electron chi connectivity index (χ2n) is 6.19. The molecule has 2 aromatic carbocycles. The van der Waals surface area contributed by atoms with Gasteiger partial charge in [0.25, 0.3) is 5.91 Å². The van der Waals surface area contributed by atoms with Gasteiger partial charge in [0.15, 0.2) is 6.10 Å². The molecular formula is C23H21NO4. The van der Waals surface area contributed by atoms with Gasteiger partial charge in [-0.2, -0.15) is 0 Å². The van der Waals surface area contributed by atoms with Crippen molar-refractivity contribution in [2.75, 3.05) is 0 Å². The molecule has 28 heavy (non-hydrogen) atoms. The maximum absolute atomic E-state index is 12.6. The molecule has 3 rings (SSSR count). The molecule has 5 heteroatoms. The van der Waals surface area contributed by atoms with Gasteiger partial charge in [0.1, 0.15) is 5.76 Å². The number of carbonyl (C=O) groups is 2. The summed E-state index contributed by atoms with van der Waals surface area (Å²) in [5.41, 5.74) is 1.89. The van der Waals surface area contributed by atoms with Crippen LogP contribution in [0.1, 0.15) is 29.9 Å². The smallest absolute Gasteiger partial charge is 0.331 e. The van der Waals surface area contributed by atoms with E-state index in [0.29, 0.717) is 5.76 Å². The highest BCUT2D eigenvalue weighted by Crippen LogP contribution is 2.22. The van der Waals surface area contributed by atoms with Crippen LogP contribution in [0.25, 0.3) is 6.08 Å². The largest absolute Gasteiger partial charge is 0.465 e. The standard InChI is InChI=1S/C23H21NO4/c1-17(28-21(25)15-14-20-13-8-16-27-20)23(26)24-22(18-9-4-2-5-10-18)19-11-6-3-7-12-19/h2-17,22H,1H3,(H,24,26)/b15-14+/t17-/m1/s1. The lowest BCUT2D eigenvalue weighted by Crippen LogP contribution is -2.38. The summed E-state index contributed by atoms with van der Waals surface area (Å²) in [7, 11) is 0. The van der Waals surface area contributed by atoms with E-state index in [0.717, 1.165) is 11.1 Å². The Morgan fingerprint density at radius 3 is 2.07 bits per heavy atom. The second kappa shape index (κ2) is 9.37. The van der Waals surface area contributed by atoms with E-state index in [1.165, 1.54) is 18.4 Å². The van der Waals surface area contributed by atoms with Crippen molar-refractivity contribution in [3.63, 3.8) is 0 Å². The fourth-order valence-corrected chi connectivity index (χ4v) is 2.71. The molecule has 3 aromatic rings. The molecule has 0 saturated heterocycles. The fourth-order valence-electron chi connectivity index (χ4n) is 2.71. The third kappa shape index (κ3) is 5.20. The van der Waals surface area contributed by atoms with Crippen LogP contribution in [0.15, 0.2) is 89.6 Å². The van der Waals surface area contributed by atoms with E-state index in [2.05, 4.69) is 5.32 Å². The van der Waals surface area contributed by atoms with Gasteiger partial charge in [-0.05, 0) is 36.3 Å². The van der Waals surface area contributed by atoms with Crippen LogP contribution in [-0.2, 0) is 14.3 Å². The summed E-state index contributed by atoms with van der Waals surface area (Å²) in [6.07, 6.45) is 3.29. The maximum atomic E-state index is 12.6. The van der Waals surface area contributed by atoms with E-state index in [-0.39, 0.29) is 11.9 Å². The summed E-state index contributed by atoms with van der Waals surface area (Å²) in [5.74, 6) is -0.463. The molecule has 0 spiro atoms. The Hall–Kier alpha value is -3.60. The van der Waals surface area contributed by atoms with E-state index in [9.17, 15) is 9.59 Å². The highest BCUT2D eigenvalue weighted by Gasteiger charge is 2.22. The molecule has 0 aliphatic heterocycles. The van der Waals surface area contributed by atoms with Crippen LogP contribution in [0.2, 0.25) is 0 Å². The van der Waals surface area contributed by atoms with E-state index in [1.54, 1.807) is 19.1 Å². The first kappa shape index (κ1) is 19.2. The molecule has 1 heterocycles. The van der Waals surface area contributed by atoms with E-state index >= 15 is 0 Å². The van der Waals surface area contributed by atoms with Crippen molar-refractivity contribution in [3.05, 3.63) is 102 Å². The molecule has 0 radical (unpaired) electrons. The average molecular weight is 375 g/mol. The van der Waals surface area contributed by atoms with Gasteiger partial charge in [0.2, 0.25) is 0 Å². The zero-order valence-electron chi connectivity index (χ0n) is 15.4. The van der Waals surface area contributed by atoms with Crippen LogP contribution in [-0.4, -0.2) is 18.0 Å². The first-order chi connectivity index (χ1) is 13.6. The molecule has 142 valence electrons. The molecule has 0 bridgehead atoms. The third-order valence-electron chi connectivity index (χ3n) is 4.14. The molecule has 5 nitrogen and oxygen atoms in total. The number of furan rings is 1. The van der Waals surface area contributed by atoms with Gasteiger partial charge in [-0.15, -0.1) is 0 Å². The van der Waals surface area contributed by atoms with Crippen LogP contribution in [0.4, 0.5) is 0 Å². The minimum Gasteiger partial charge on any atom is -0.465 e. The Morgan fingerprint density at radius 1 is 0.929 bits per heavy atom. The van der Waals surface area contributed by atoms with Gasteiger partial charge >= 0.3 is 5.97 Å². The Kier molecular flexibility index (Phi) is 6.41. The summed E-state index contributed by atoms with van der Waals surface area (Å²) in [4.78, 5) is 24.6. The third-order valence-corrected chi connectivity index (χ3v) is 4.14. The predicted molar refractivity (Wildman–Crippen MR) is 106 cm³/mol. The molecule has 0 fully saturated rings. The van der Waals surface area contributed by atoms with Crippen molar-refractivity contribution in [3.8, 4) is 0 Å². The molecule has 0 unspecified atom stereocenters. The van der Waals surface area contributed by atoms with Crippen molar-refractivity contribution < 1.29 is 18.7 Å². The summed E-state index contributed by atoms with van der Waals surface area (Å²) < 4.78 is 10.3. The fraction of sp³-hybridized carbons (Fsp3) is 0.130. The highest BCUT2D eigenvalue weighted by atomic mass is 16.5. The number of benzene rings is 2. The van der Waals surface area contributed by atoms with Crippen LogP contribution < -0.4 is 5.32 Å². The molecule has 0 saturated carbocycles. The molecule has 1 atom stereocenters. The van der Waals surface area contributed by atoms with E-state index in [1.807, 2.05) is 60.7 Å². The Morgan fingerprint density at radius 2 is 1.54 bits per heavy atom. The normalized spacial score (nSPS) is 12.1. The Labute approximate surface area is 163 Å². The van der Waals surface area contributed by atoms with Crippen molar-refractivity contribution >= 4 is 18.0 Å². The van der Waals surface area contributed by atoms with Gasteiger partial charge in [-0.1, -0.05) is 60.7 Å².